The van der Waals surface area contributed by atoms with Crippen molar-refractivity contribution < 1.29 is 4.79 Å². The Kier molecular flexibility index (Phi) is 4.39. The summed E-state index contributed by atoms with van der Waals surface area (Å²) < 4.78 is 0. The van der Waals surface area contributed by atoms with E-state index in [9.17, 15) is 4.79 Å². The van der Waals surface area contributed by atoms with Crippen LogP contribution in [0.2, 0.25) is 0 Å². The van der Waals surface area contributed by atoms with Crippen molar-refractivity contribution in [3.05, 3.63) is 57.8 Å². The molecule has 0 radical (unpaired) electrons. The predicted octanol–water partition coefficient (Wildman–Crippen LogP) is 3.98. The minimum atomic E-state index is -0.0668. The quantitative estimate of drug-likeness (QED) is 0.843. The van der Waals surface area contributed by atoms with Crippen molar-refractivity contribution in [1.82, 2.24) is 5.32 Å². The number of hydrogen-bond donors (Lipinski definition) is 1. The molecular formula is C14H14ClNOS. The summed E-state index contributed by atoms with van der Waals surface area (Å²) in [6.07, 6.45) is 0. The molecule has 1 aromatic heterocycles. The van der Waals surface area contributed by atoms with Gasteiger partial charge in [-0.1, -0.05) is 18.2 Å². The molecule has 0 aliphatic heterocycles. The van der Waals surface area contributed by atoms with Gasteiger partial charge in [0.2, 0.25) is 0 Å². The van der Waals surface area contributed by atoms with Crippen LogP contribution in [-0.2, 0) is 5.88 Å². The van der Waals surface area contributed by atoms with Crippen LogP contribution in [0.4, 0.5) is 0 Å². The third kappa shape index (κ3) is 3.12. The SMILES string of the molecule is C[C@H](NC(=O)c1cccc(CCl)c1)c1cccs1. The molecule has 0 bridgehead atoms. The Morgan fingerprint density at radius 1 is 1.39 bits per heavy atom. The molecule has 1 heterocycles. The monoisotopic (exact) mass is 279 g/mol. The fourth-order valence-corrected chi connectivity index (χ4v) is 2.59. The largest absolute Gasteiger partial charge is 0.345 e. The topological polar surface area (TPSA) is 29.1 Å². The molecule has 18 heavy (non-hydrogen) atoms. The molecular weight excluding hydrogens is 266 g/mol. The summed E-state index contributed by atoms with van der Waals surface area (Å²) in [6.45, 7) is 1.98. The molecule has 0 fully saturated rings. The van der Waals surface area contributed by atoms with E-state index < -0.39 is 0 Å². The third-order valence-corrected chi connectivity index (χ3v) is 4.02. The fourth-order valence-electron chi connectivity index (χ4n) is 1.68. The number of benzene rings is 1. The fraction of sp³-hybridized carbons (Fsp3) is 0.214. The Morgan fingerprint density at radius 3 is 2.89 bits per heavy atom. The van der Waals surface area contributed by atoms with E-state index in [1.807, 2.05) is 42.6 Å². The first-order chi connectivity index (χ1) is 8.70. The molecule has 0 spiro atoms. The Hall–Kier alpha value is -1.32. The highest BCUT2D eigenvalue weighted by molar-refractivity contribution is 7.10. The van der Waals surface area contributed by atoms with E-state index in [0.717, 1.165) is 10.4 Å². The Labute approximate surface area is 116 Å². The molecule has 0 saturated carbocycles. The lowest BCUT2D eigenvalue weighted by atomic mass is 10.1. The summed E-state index contributed by atoms with van der Waals surface area (Å²) in [6, 6.07) is 11.4. The maximum absolute atomic E-state index is 12.1. The number of hydrogen-bond acceptors (Lipinski definition) is 2. The molecule has 2 aromatic rings. The minimum Gasteiger partial charge on any atom is -0.345 e. The first-order valence-corrected chi connectivity index (χ1v) is 7.11. The number of amides is 1. The highest BCUT2D eigenvalue weighted by Gasteiger charge is 2.12. The van der Waals surface area contributed by atoms with Gasteiger partial charge >= 0.3 is 0 Å². The first-order valence-electron chi connectivity index (χ1n) is 5.70. The van der Waals surface area contributed by atoms with Crippen molar-refractivity contribution in [2.45, 2.75) is 18.8 Å². The van der Waals surface area contributed by atoms with Gasteiger partial charge in [0.15, 0.2) is 0 Å². The van der Waals surface area contributed by atoms with Crippen molar-refractivity contribution in [3.8, 4) is 0 Å². The normalized spacial score (nSPS) is 12.1. The first kappa shape index (κ1) is 13.1. The average molecular weight is 280 g/mol. The summed E-state index contributed by atoms with van der Waals surface area (Å²) in [5, 5.41) is 4.98. The molecule has 94 valence electrons. The smallest absolute Gasteiger partial charge is 0.251 e. The van der Waals surface area contributed by atoms with Crippen LogP contribution < -0.4 is 5.32 Å². The third-order valence-electron chi connectivity index (χ3n) is 2.66. The maximum atomic E-state index is 12.1. The van der Waals surface area contributed by atoms with Crippen molar-refractivity contribution in [1.29, 1.82) is 0 Å². The summed E-state index contributed by atoms with van der Waals surface area (Å²) >= 11 is 7.40. The van der Waals surface area contributed by atoms with E-state index in [2.05, 4.69) is 5.32 Å². The van der Waals surface area contributed by atoms with Gasteiger partial charge in [0.05, 0.1) is 6.04 Å². The standard InChI is InChI=1S/C14H14ClNOS/c1-10(13-6-3-7-18-13)16-14(17)12-5-2-4-11(8-12)9-15/h2-8,10H,9H2,1H3,(H,16,17)/t10-/m0/s1. The Morgan fingerprint density at radius 2 is 2.22 bits per heavy atom. The lowest BCUT2D eigenvalue weighted by Gasteiger charge is -2.12. The summed E-state index contributed by atoms with van der Waals surface area (Å²) in [4.78, 5) is 13.2. The van der Waals surface area contributed by atoms with Crippen LogP contribution in [0.15, 0.2) is 41.8 Å². The molecule has 0 unspecified atom stereocenters. The molecule has 2 nitrogen and oxygen atoms in total. The van der Waals surface area contributed by atoms with E-state index in [1.165, 1.54) is 0 Å². The second-order valence-electron chi connectivity index (χ2n) is 4.04. The van der Waals surface area contributed by atoms with Gasteiger partial charge in [0.25, 0.3) is 5.91 Å². The van der Waals surface area contributed by atoms with Gasteiger partial charge in [-0.15, -0.1) is 22.9 Å². The van der Waals surface area contributed by atoms with Gasteiger partial charge in [0.1, 0.15) is 0 Å². The highest BCUT2D eigenvalue weighted by Crippen LogP contribution is 2.18. The molecule has 1 amide bonds. The van der Waals surface area contributed by atoms with Gasteiger partial charge in [-0.2, -0.15) is 0 Å². The molecule has 0 saturated heterocycles. The zero-order chi connectivity index (χ0) is 13.0. The zero-order valence-electron chi connectivity index (χ0n) is 10.0. The Balaban J connectivity index is 2.07. The predicted molar refractivity (Wildman–Crippen MR) is 76.2 cm³/mol. The minimum absolute atomic E-state index is 0.0251. The number of halogens is 1. The van der Waals surface area contributed by atoms with Gasteiger partial charge in [-0.25, -0.2) is 0 Å². The van der Waals surface area contributed by atoms with Gasteiger partial charge in [-0.05, 0) is 36.1 Å². The molecule has 1 aromatic carbocycles. The number of alkyl halides is 1. The summed E-state index contributed by atoms with van der Waals surface area (Å²) in [5.41, 5.74) is 1.60. The average Bonchev–Trinajstić information content (AvgIpc) is 2.92. The molecule has 0 aliphatic rings. The highest BCUT2D eigenvalue weighted by atomic mass is 35.5. The molecule has 1 N–H and O–H groups in total. The summed E-state index contributed by atoms with van der Waals surface area (Å²) in [5.74, 6) is 0.351. The van der Waals surface area contributed by atoms with E-state index in [4.69, 9.17) is 11.6 Å². The van der Waals surface area contributed by atoms with E-state index in [1.54, 1.807) is 17.4 Å². The number of carbonyl (C=O) groups is 1. The molecule has 0 aliphatic carbocycles. The molecule has 4 heteroatoms. The second-order valence-corrected chi connectivity index (χ2v) is 5.29. The van der Waals surface area contributed by atoms with Crippen LogP contribution in [0.1, 0.15) is 33.8 Å². The van der Waals surface area contributed by atoms with Crippen LogP contribution in [0.3, 0.4) is 0 Å². The van der Waals surface area contributed by atoms with Crippen LogP contribution in [0.5, 0.6) is 0 Å². The van der Waals surface area contributed by atoms with E-state index in [-0.39, 0.29) is 11.9 Å². The summed E-state index contributed by atoms with van der Waals surface area (Å²) in [7, 11) is 0. The van der Waals surface area contributed by atoms with Gasteiger partial charge in [0, 0.05) is 16.3 Å². The van der Waals surface area contributed by atoms with Crippen molar-refractivity contribution >= 4 is 28.8 Å². The number of rotatable bonds is 4. The lowest BCUT2D eigenvalue weighted by Crippen LogP contribution is -2.26. The lowest BCUT2D eigenvalue weighted by molar-refractivity contribution is 0.0940. The number of carbonyl (C=O) groups excluding carboxylic acids is 1. The van der Waals surface area contributed by atoms with Crippen molar-refractivity contribution in [2.75, 3.05) is 0 Å². The van der Waals surface area contributed by atoms with E-state index >= 15 is 0 Å². The van der Waals surface area contributed by atoms with Crippen LogP contribution in [0.25, 0.3) is 0 Å². The number of thiophene rings is 1. The van der Waals surface area contributed by atoms with Crippen LogP contribution in [0, 0.1) is 0 Å². The van der Waals surface area contributed by atoms with Crippen molar-refractivity contribution in [2.24, 2.45) is 0 Å². The van der Waals surface area contributed by atoms with Gasteiger partial charge < -0.3 is 5.32 Å². The van der Waals surface area contributed by atoms with Crippen LogP contribution >= 0.6 is 22.9 Å². The molecule has 2 rings (SSSR count). The zero-order valence-corrected chi connectivity index (χ0v) is 11.6. The molecule has 1 atom stereocenters. The van der Waals surface area contributed by atoms with E-state index in [0.29, 0.717) is 11.4 Å². The maximum Gasteiger partial charge on any atom is 0.251 e. The second kappa shape index (κ2) is 6.03. The van der Waals surface area contributed by atoms with Gasteiger partial charge in [-0.3, -0.25) is 4.79 Å². The van der Waals surface area contributed by atoms with Crippen LogP contribution in [-0.4, -0.2) is 5.91 Å². The number of nitrogens with one attached hydrogen (secondary N) is 1. The Bertz CT molecular complexity index is 524. The van der Waals surface area contributed by atoms with Crippen molar-refractivity contribution in [3.63, 3.8) is 0 Å².